The zero-order chi connectivity index (χ0) is 15.0. The van der Waals surface area contributed by atoms with Crippen LogP contribution in [0.5, 0.6) is 0 Å². The zero-order valence-electron chi connectivity index (χ0n) is 12.6. The molecule has 0 aliphatic rings. The smallest absolute Gasteiger partial charge is 0.211 e. The van der Waals surface area contributed by atoms with E-state index in [0.29, 0.717) is 17.4 Å². The number of hydrogen-bond acceptors (Lipinski definition) is 3. The summed E-state index contributed by atoms with van der Waals surface area (Å²) in [7, 11) is -3.37. The minimum atomic E-state index is -3.37. The lowest BCUT2D eigenvalue weighted by molar-refractivity contribution is 0.443. The van der Waals surface area contributed by atoms with Crippen LogP contribution in [0.15, 0.2) is 34.1 Å². The third-order valence-electron chi connectivity index (χ3n) is 3.48. The molecule has 0 bridgehead atoms. The van der Waals surface area contributed by atoms with E-state index in [2.05, 4.69) is 18.6 Å². The monoisotopic (exact) mass is 315 g/mol. The number of sulfonamides is 1. The van der Waals surface area contributed by atoms with E-state index < -0.39 is 10.0 Å². The van der Waals surface area contributed by atoms with Crippen molar-refractivity contribution in [1.82, 2.24) is 4.72 Å². The largest absolute Gasteiger partial charge is 0.240 e. The van der Waals surface area contributed by atoms with Crippen molar-refractivity contribution in [3.8, 4) is 0 Å². The summed E-state index contributed by atoms with van der Waals surface area (Å²) < 4.78 is 27.2. The first-order chi connectivity index (χ1) is 9.53. The third-order valence-corrected chi connectivity index (χ3v) is 5.66. The maximum Gasteiger partial charge on any atom is 0.240 e. The molecule has 0 heterocycles. The van der Waals surface area contributed by atoms with E-state index in [-0.39, 0.29) is 0 Å². The maximum absolute atomic E-state index is 12.2. The average molecular weight is 316 g/mol. The van der Waals surface area contributed by atoms with Gasteiger partial charge in [0.05, 0.1) is 4.90 Å². The van der Waals surface area contributed by atoms with Crippen molar-refractivity contribution >= 4 is 21.8 Å². The number of nitrogens with one attached hydrogen (secondary N) is 1. The van der Waals surface area contributed by atoms with Crippen molar-refractivity contribution in [3.63, 3.8) is 0 Å². The highest BCUT2D eigenvalue weighted by atomic mass is 32.2. The van der Waals surface area contributed by atoms with Gasteiger partial charge in [0.25, 0.3) is 0 Å². The fourth-order valence-electron chi connectivity index (χ4n) is 2.01. The van der Waals surface area contributed by atoms with Crippen molar-refractivity contribution in [2.45, 2.75) is 49.3 Å². The Bertz CT molecular complexity index is 483. The molecule has 114 valence electrons. The van der Waals surface area contributed by atoms with Crippen molar-refractivity contribution in [2.24, 2.45) is 5.92 Å². The van der Waals surface area contributed by atoms with Gasteiger partial charge in [0.2, 0.25) is 10.0 Å². The molecule has 1 rings (SSSR count). The van der Waals surface area contributed by atoms with Crippen LogP contribution in [0.2, 0.25) is 0 Å². The van der Waals surface area contributed by atoms with Gasteiger partial charge in [-0.05, 0) is 42.9 Å². The highest BCUT2D eigenvalue weighted by Crippen LogP contribution is 2.18. The van der Waals surface area contributed by atoms with E-state index in [4.69, 9.17) is 0 Å². The quantitative estimate of drug-likeness (QED) is 0.703. The summed E-state index contributed by atoms with van der Waals surface area (Å²) in [5.74, 6) is 0.426. The SMILES string of the molecule is CCCCC(CC)CNS(=O)(=O)c1ccc(SC)cc1. The van der Waals surface area contributed by atoms with Gasteiger partial charge in [0.15, 0.2) is 0 Å². The second-order valence-electron chi connectivity index (χ2n) is 4.94. The highest BCUT2D eigenvalue weighted by Gasteiger charge is 2.15. The minimum Gasteiger partial charge on any atom is -0.211 e. The molecule has 1 N–H and O–H groups in total. The maximum atomic E-state index is 12.2. The molecule has 0 aliphatic carbocycles. The van der Waals surface area contributed by atoms with Crippen LogP contribution in [-0.4, -0.2) is 21.2 Å². The molecule has 1 aromatic rings. The highest BCUT2D eigenvalue weighted by molar-refractivity contribution is 7.98. The second kappa shape index (κ2) is 8.70. The van der Waals surface area contributed by atoms with E-state index in [1.54, 1.807) is 23.9 Å². The predicted molar refractivity (Wildman–Crippen MR) is 86.7 cm³/mol. The summed E-state index contributed by atoms with van der Waals surface area (Å²) in [5, 5.41) is 0. The molecule has 0 radical (unpaired) electrons. The summed E-state index contributed by atoms with van der Waals surface area (Å²) in [4.78, 5) is 1.42. The van der Waals surface area contributed by atoms with Gasteiger partial charge in [-0.2, -0.15) is 0 Å². The molecule has 1 atom stereocenters. The first kappa shape index (κ1) is 17.5. The van der Waals surface area contributed by atoms with Gasteiger partial charge in [-0.3, -0.25) is 0 Å². The fourth-order valence-corrected chi connectivity index (χ4v) is 3.53. The molecule has 1 aromatic carbocycles. The molecule has 0 saturated carbocycles. The van der Waals surface area contributed by atoms with Gasteiger partial charge in [0, 0.05) is 11.4 Å². The number of hydrogen-bond donors (Lipinski definition) is 1. The number of thioether (sulfide) groups is 1. The first-order valence-electron chi connectivity index (χ1n) is 7.17. The zero-order valence-corrected chi connectivity index (χ0v) is 14.2. The van der Waals surface area contributed by atoms with Crippen molar-refractivity contribution in [2.75, 3.05) is 12.8 Å². The molecule has 0 spiro atoms. The van der Waals surface area contributed by atoms with Crippen LogP contribution in [0, 0.1) is 5.92 Å². The first-order valence-corrected chi connectivity index (χ1v) is 9.88. The topological polar surface area (TPSA) is 46.2 Å². The van der Waals surface area contributed by atoms with Crippen molar-refractivity contribution < 1.29 is 8.42 Å². The van der Waals surface area contributed by atoms with Crippen molar-refractivity contribution in [1.29, 1.82) is 0 Å². The van der Waals surface area contributed by atoms with Gasteiger partial charge >= 0.3 is 0 Å². The van der Waals surface area contributed by atoms with E-state index >= 15 is 0 Å². The Balaban J connectivity index is 2.63. The van der Waals surface area contributed by atoms with Crippen LogP contribution in [-0.2, 0) is 10.0 Å². The van der Waals surface area contributed by atoms with Gasteiger partial charge in [-0.15, -0.1) is 11.8 Å². The summed E-state index contributed by atoms with van der Waals surface area (Å²) in [5.41, 5.74) is 0. The summed E-state index contributed by atoms with van der Waals surface area (Å²) in [6.45, 7) is 4.80. The Labute approximate surface area is 127 Å². The standard InChI is InChI=1S/C15H25NO2S2/c1-4-6-7-13(5-2)12-16-20(17,18)15-10-8-14(19-3)9-11-15/h8-11,13,16H,4-7,12H2,1-3H3. The lowest BCUT2D eigenvalue weighted by Crippen LogP contribution is -2.29. The van der Waals surface area contributed by atoms with Crippen LogP contribution >= 0.6 is 11.8 Å². The number of unbranched alkanes of at least 4 members (excludes halogenated alkanes) is 1. The number of benzene rings is 1. The van der Waals surface area contributed by atoms with Crippen LogP contribution in [0.1, 0.15) is 39.5 Å². The number of rotatable bonds is 9. The lowest BCUT2D eigenvalue weighted by atomic mass is 10.00. The fraction of sp³-hybridized carbons (Fsp3) is 0.600. The minimum absolute atomic E-state index is 0.348. The molecule has 20 heavy (non-hydrogen) atoms. The molecule has 5 heteroatoms. The van der Waals surface area contributed by atoms with E-state index in [0.717, 1.165) is 30.6 Å². The predicted octanol–water partition coefficient (Wildman–Crippen LogP) is 3.90. The molecule has 0 saturated heterocycles. The second-order valence-corrected chi connectivity index (χ2v) is 7.59. The summed E-state index contributed by atoms with van der Waals surface area (Å²) in [6.07, 6.45) is 6.37. The van der Waals surface area contributed by atoms with Crippen molar-refractivity contribution in [3.05, 3.63) is 24.3 Å². The van der Waals surface area contributed by atoms with Crippen LogP contribution in [0.3, 0.4) is 0 Å². The van der Waals surface area contributed by atoms with Crippen LogP contribution < -0.4 is 4.72 Å². The molecule has 1 unspecified atom stereocenters. The lowest BCUT2D eigenvalue weighted by Gasteiger charge is -2.15. The van der Waals surface area contributed by atoms with Gasteiger partial charge in [-0.25, -0.2) is 13.1 Å². The van der Waals surface area contributed by atoms with E-state index in [1.165, 1.54) is 0 Å². The molecular formula is C15H25NO2S2. The summed E-state index contributed by atoms with van der Waals surface area (Å²) in [6, 6.07) is 7.02. The Kier molecular flexibility index (Phi) is 7.62. The summed E-state index contributed by atoms with van der Waals surface area (Å²) >= 11 is 1.60. The molecule has 0 fully saturated rings. The Morgan fingerprint density at radius 1 is 1.20 bits per heavy atom. The van der Waals surface area contributed by atoms with E-state index in [1.807, 2.05) is 18.4 Å². The molecular weight excluding hydrogens is 290 g/mol. The Morgan fingerprint density at radius 2 is 1.85 bits per heavy atom. The normalized spacial score (nSPS) is 13.3. The van der Waals surface area contributed by atoms with Gasteiger partial charge in [-0.1, -0.05) is 33.1 Å². The van der Waals surface area contributed by atoms with E-state index in [9.17, 15) is 8.42 Å². The van der Waals surface area contributed by atoms with Crippen LogP contribution in [0.4, 0.5) is 0 Å². The third kappa shape index (κ3) is 5.46. The molecule has 0 aliphatic heterocycles. The Hall–Kier alpha value is -0.520. The van der Waals surface area contributed by atoms with Gasteiger partial charge < -0.3 is 0 Å². The molecule has 0 amide bonds. The Morgan fingerprint density at radius 3 is 2.35 bits per heavy atom. The molecule has 0 aromatic heterocycles. The van der Waals surface area contributed by atoms with Gasteiger partial charge in [0.1, 0.15) is 0 Å². The van der Waals surface area contributed by atoms with Crippen LogP contribution in [0.25, 0.3) is 0 Å². The average Bonchev–Trinajstić information content (AvgIpc) is 2.47. The molecule has 3 nitrogen and oxygen atoms in total.